The zero-order valence-electron chi connectivity index (χ0n) is 20.3. The molecule has 39 heavy (non-hydrogen) atoms. The number of carbonyl (C=O) groups is 2. The van der Waals surface area contributed by atoms with Crippen LogP contribution in [0.1, 0.15) is 37.7 Å². The highest BCUT2D eigenvalue weighted by atomic mass is 35.5. The summed E-state index contributed by atoms with van der Waals surface area (Å²) in [5.74, 6) is -2.57. The van der Waals surface area contributed by atoms with Crippen molar-refractivity contribution in [2.24, 2.45) is 0 Å². The Balaban J connectivity index is 1.51. The van der Waals surface area contributed by atoms with Crippen LogP contribution in [0.15, 0.2) is 88.6 Å². The zero-order valence-corrected chi connectivity index (χ0v) is 21.9. The Bertz CT molecular complexity index is 1850. The topological polar surface area (TPSA) is 119 Å². The lowest BCUT2D eigenvalue weighted by molar-refractivity contribution is 0.101. The molecule has 0 aliphatic carbocycles. The summed E-state index contributed by atoms with van der Waals surface area (Å²) < 4.78 is 45.3. The Morgan fingerprint density at radius 2 is 1.69 bits per heavy atom. The Labute approximate surface area is 227 Å². The van der Waals surface area contributed by atoms with Gasteiger partial charge in [-0.2, -0.15) is 0 Å². The van der Waals surface area contributed by atoms with Gasteiger partial charge in [-0.3, -0.25) is 9.59 Å². The summed E-state index contributed by atoms with van der Waals surface area (Å²) in [7, 11) is -4.03. The fraction of sp³-hybridized carbons (Fsp3) is 0.0714. The van der Waals surface area contributed by atoms with Crippen molar-refractivity contribution in [3.8, 4) is 0 Å². The Morgan fingerprint density at radius 3 is 2.44 bits per heavy atom. The molecular weight excluding hydrogens is 545 g/mol. The fourth-order valence-electron chi connectivity index (χ4n) is 3.94. The van der Waals surface area contributed by atoms with Gasteiger partial charge >= 0.3 is 0 Å². The van der Waals surface area contributed by atoms with Crippen LogP contribution < -0.4 is 5.32 Å². The number of fused-ring (bicyclic) bond motifs is 1. The predicted molar refractivity (Wildman–Crippen MR) is 143 cm³/mol. The lowest BCUT2D eigenvalue weighted by atomic mass is 10.1. The van der Waals surface area contributed by atoms with Crippen LogP contribution in [0.5, 0.6) is 0 Å². The second kappa shape index (κ2) is 10.4. The third-order valence-electron chi connectivity index (χ3n) is 5.97. The summed E-state index contributed by atoms with van der Waals surface area (Å²) in [5.41, 5.74) is 1.42. The standard InChI is InChI=1S/C28H19ClFN3O5S/c1-16-6-2-3-7-18(16)15-39(36,37)28-31-14-21(29)24(33-28)27(35)32-23-20-8-4-5-9-22(20)38-26(23)25(34)17-10-12-19(30)13-11-17/h2-14H,15H2,1H3,(H,32,35). The summed E-state index contributed by atoms with van der Waals surface area (Å²) in [6.45, 7) is 1.78. The van der Waals surface area contributed by atoms with E-state index < -0.39 is 38.2 Å². The first-order valence-electron chi connectivity index (χ1n) is 11.6. The van der Waals surface area contributed by atoms with Crippen molar-refractivity contribution in [3.63, 3.8) is 0 Å². The Hall–Kier alpha value is -4.41. The van der Waals surface area contributed by atoms with Crippen molar-refractivity contribution >= 4 is 49.8 Å². The maximum atomic E-state index is 13.4. The summed E-state index contributed by atoms with van der Waals surface area (Å²) in [4.78, 5) is 34.4. The number of nitrogens with zero attached hydrogens (tertiary/aromatic N) is 2. The number of furan rings is 1. The number of aromatic nitrogens is 2. The van der Waals surface area contributed by atoms with E-state index in [1.54, 1.807) is 55.5 Å². The lowest BCUT2D eigenvalue weighted by Crippen LogP contribution is -2.19. The molecular formula is C28H19ClFN3O5S. The van der Waals surface area contributed by atoms with E-state index in [1.807, 2.05) is 0 Å². The van der Waals surface area contributed by atoms with Gasteiger partial charge in [0.15, 0.2) is 11.5 Å². The first-order chi connectivity index (χ1) is 18.6. The van der Waals surface area contributed by atoms with Gasteiger partial charge in [-0.05, 0) is 54.4 Å². The molecule has 0 saturated heterocycles. The van der Waals surface area contributed by atoms with E-state index in [4.69, 9.17) is 16.0 Å². The molecule has 0 spiro atoms. The van der Waals surface area contributed by atoms with Crippen LogP contribution in [-0.4, -0.2) is 30.1 Å². The van der Waals surface area contributed by atoms with Crippen molar-refractivity contribution < 1.29 is 26.8 Å². The predicted octanol–water partition coefficient (Wildman–Crippen LogP) is 5.78. The number of nitrogens with one attached hydrogen (secondary N) is 1. The number of anilines is 1. The molecule has 196 valence electrons. The van der Waals surface area contributed by atoms with E-state index in [1.165, 1.54) is 12.1 Å². The van der Waals surface area contributed by atoms with Crippen LogP contribution in [0.3, 0.4) is 0 Å². The van der Waals surface area contributed by atoms with E-state index in [0.29, 0.717) is 16.5 Å². The van der Waals surface area contributed by atoms with Crippen LogP contribution in [0.25, 0.3) is 11.0 Å². The second-order valence-corrected chi connectivity index (χ2v) is 10.9. The molecule has 1 amide bonds. The highest BCUT2D eigenvalue weighted by Crippen LogP contribution is 2.33. The van der Waals surface area contributed by atoms with E-state index in [2.05, 4.69) is 15.3 Å². The molecule has 0 aliphatic heterocycles. The summed E-state index contributed by atoms with van der Waals surface area (Å²) >= 11 is 6.19. The van der Waals surface area contributed by atoms with Crippen molar-refractivity contribution in [1.82, 2.24) is 9.97 Å². The van der Waals surface area contributed by atoms with Crippen LogP contribution in [0.2, 0.25) is 5.02 Å². The van der Waals surface area contributed by atoms with Gasteiger partial charge in [-0.15, -0.1) is 0 Å². The van der Waals surface area contributed by atoms with Gasteiger partial charge in [-0.25, -0.2) is 22.8 Å². The minimum Gasteiger partial charge on any atom is -0.450 e. The van der Waals surface area contributed by atoms with E-state index >= 15 is 0 Å². The zero-order chi connectivity index (χ0) is 27.7. The van der Waals surface area contributed by atoms with Crippen molar-refractivity contribution in [2.45, 2.75) is 17.8 Å². The molecule has 2 heterocycles. The number of halogens is 2. The van der Waals surface area contributed by atoms with E-state index in [-0.39, 0.29) is 27.8 Å². The van der Waals surface area contributed by atoms with Crippen molar-refractivity contribution in [1.29, 1.82) is 0 Å². The van der Waals surface area contributed by atoms with Crippen molar-refractivity contribution in [2.75, 3.05) is 5.32 Å². The number of benzene rings is 3. The first-order valence-corrected chi connectivity index (χ1v) is 13.6. The minimum absolute atomic E-state index is 0.0314. The number of rotatable bonds is 7. The number of para-hydroxylation sites is 1. The Morgan fingerprint density at radius 1 is 1.00 bits per heavy atom. The van der Waals surface area contributed by atoms with Crippen LogP contribution in [0, 0.1) is 12.7 Å². The number of aryl methyl sites for hydroxylation is 1. The quantitative estimate of drug-likeness (QED) is 0.197. The molecule has 11 heteroatoms. The van der Waals surface area contributed by atoms with Crippen LogP contribution in [-0.2, 0) is 15.6 Å². The highest BCUT2D eigenvalue weighted by molar-refractivity contribution is 7.90. The van der Waals surface area contributed by atoms with Crippen molar-refractivity contribution in [3.05, 3.63) is 118 Å². The molecule has 0 radical (unpaired) electrons. The molecule has 0 fully saturated rings. The van der Waals surface area contributed by atoms with E-state index in [0.717, 1.165) is 23.9 Å². The van der Waals surface area contributed by atoms with E-state index in [9.17, 15) is 22.4 Å². The number of carbonyl (C=O) groups excluding carboxylic acids is 2. The second-order valence-electron chi connectivity index (χ2n) is 8.63. The average molecular weight is 564 g/mol. The lowest BCUT2D eigenvalue weighted by Gasteiger charge is -2.09. The third kappa shape index (κ3) is 5.29. The highest BCUT2D eigenvalue weighted by Gasteiger charge is 2.27. The minimum atomic E-state index is -4.03. The Kier molecular flexibility index (Phi) is 6.98. The molecule has 1 N–H and O–H groups in total. The molecule has 0 aliphatic rings. The monoisotopic (exact) mass is 563 g/mol. The SMILES string of the molecule is Cc1ccccc1CS(=O)(=O)c1ncc(Cl)c(C(=O)Nc2c(C(=O)c3ccc(F)cc3)oc3ccccc23)n1. The number of amides is 1. The number of hydrogen-bond acceptors (Lipinski definition) is 7. The molecule has 5 aromatic rings. The summed E-state index contributed by atoms with van der Waals surface area (Å²) in [5, 5.41) is 2.24. The molecule has 3 aromatic carbocycles. The molecule has 0 bridgehead atoms. The van der Waals surface area contributed by atoms with Gasteiger partial charge in [0.05, 0.1) is 22.7 Å². The molecule has 2 aromatic heterocycles. The third-order valence-corrected chi connectivity index (χ3v) is 7.69. The number of hydrogen-bond donors (Lipinski definition) is 1. The largest absolute Gasteiger partial charge is 0.450 e. The molecule has 5 rings (SSSR count). The average Bonchev–Trinajstić information content (AvgIpc) is 3.28. The maximum absolute atomic E-state index is 13.4. The smallest absolute Gasteiger partial charge is 0.276 e. The van der Waals surface area contributed by atoms with Gasteiger partial charge in [-0.1, -0.05) is 48.0 Å². The number of sulfone groups is 1. The van der Waals surface area contributed by atoms with Gasteiger partial charge < -0.3 is 9.73 Å². The molecule has 0 atom stereocenters. The summed E-state index contributed by atoms with van der Waals surface area (Å²) in [6.07, 6.45) is 1.03. The molecule has 8 nitrogen and oxygen atoms in total. The summed E-state index contributed by atoms with van der Waals surface area (Å²) in [6, 6.07) is 18.5. The van der Waals surface area contributed by atoms with Crippen LogP contribution >= 0.6 is 11.6 Å². The van der Waals surface area contributed by atoms with Gasteiger partial charge in [0.1, 0.15) is 11.4 Å². The van der Waals surface area contributed by atoms with Gasteiger partial charge in [0, 0.05) is 10.9 Å². The first kappa shape index (κ1) is 26.2. The van der Waals surface area contributed by atoms with Gasteiger partial charge in [0.25, 0.3) is 5.91 Å². The van der Waals surface area contributed by atoms with Crippen LogP contribution in [0.4, 0.5) is 10.1 Å². The normalized spacial score (nSPS) is 11.5. The molecule has 0 unspecified atom stereocenters. The maximum Gasteiger partial charge on any atom is 0.276 e. The fourth-order valence-corrected chi connectivity index (χ4v) is 5.42. The number of ketones is 1. The molecule has 0 saturated carbocycles. The van der Waals surface area contributed by atoms with Gasteiger partial charge in [0.2, 0.25) is 20.8 Å².